The maximum atomic E-state index is 12.3. The second-order valence-corrected chi connectivity index (χ2v) is 10.6. The lowest BCUT2D eigenvalue weighted by molar-refractivity contribution is -0.0506. The standard InChI is InChI=1S/C24H31N9O2/c34-23(29-24-11-15(12-24)13-24)35-17-2-1-16(9-17)18-10-20(31-30-18)28-22-27-14-19(21-26-5-8-33(21)22)32-6-3-25-4-7-32/h5,8,10,14-17,25H,1-4,6-7,9,11-13H2,(H,29,34)(H2,27,28,30,31). The number of amides is 1. The Bertz CT molecular complexity index is 1230. The Morgan fingerprint density at radius 3 is 2.83 bits per heavy atom. The molecule has 11 nitrogen and oxygen atoms in total. The van der Waals surface area contributed by atoms with E-state index >= 15 is 0 Å². The number of nitrogens with zero attached hydrogens (tertiary/aromatic N) is 5. The van der Waals surface area contributed by atoms with E-state index in [9.17, 15) is 4.79 Å². The molecular formula is C24H31N9O2. The van der Waals surface area contributed by atoms with Crippen LogP contribution in [0.3, 0.4) is 0 Å². The van der Waals surface area contributed by atoms with Crippen molar-refractivity contribution in [2.75, 3.05) is 36.4 Å². The fraction of sp³-hybridized carbons (Fsp3) is 0.583. The maximum Gasteiger partial charge on any atom is 0.407 e. The Balaban J connectivity index is 0.996. The van der Waals surface area contributed by atoms with Crippen LogP contribution in [0.4, 0.5) is 22.2 Å². The largest absolute Gasteiger partial charge is 0.446 e. The molecule has 11 heteroatoms. The molecule has 8 rings (SSSR count). The van der Waals surface area contributed by atoms with Crippen molar-refractivity contribution in [2.45, 2.75) is 56.1 Å². The highest BCUT2D eigenvalue weighted by Crippen LogP contribution is 2.57. The van der Waals surface area contributed by atoms with Gasteiger partial charge in [-0.25, -0.2) is 14.8 Å². The van der Waals surface area contributed by atoms with Crippen LogP contribution in [0.5, 0.6) is 0 Å². The van der Waals surface area contributed by atoms with Crippen molar-refractivity contribution in [3.05, 3.63) is 30.4 Å². The number of hydrogen-bond acceptors (Lipinski definition) is 8. The van der Waals surface area contributed by atoms with Crippen LogP contribution in [-0.4, -0.2) is 68.5 Å². The normalized spacial score (nSPS) is 29.5. The quantitative estimate of drug-likeness (QED) is 0.427. The second-order valence-electron chi connectivity index (χ2n) is 10.6. The van der Waals surface area contributed by atoms with Crippen molar-refractivity contribution in [1.29, 1.82) is 0 Å². The molecule has 4 aliphatic carbocycles. The minimum Gasteiger partial charge on any atom is -0.446 e. The molecular weight excluding hydrogens is 446 g/mol. The number of rotatable bonds is 6. The van der Waals surface area contributed by atoms with Gasteiger partial charge in [-0.1, -0.05) is 0 Å². The summed E-state index contributed by atoms with van der Waals surface area (Å²) in [6.45, 7) is 3.80. The summed E-state index contributed by atoms with van der Waals surface area (Å²) in [6, 6.07) is 2.03. The van der Waals surface area contributed by atoms with Crippen LogP contribution in [0.2, 0.25) is 0 Å². The fourth-order valence-corrected chi connectivity index (χ4v) is 6.21. The van der Waals surface area contributed by atoms with Gasteiger partial charge in [0.15, 0.2) is 11.5 Å². The third-order valence-electron chi connectivity index (χ3n) is 8.21. The molecule has 4 saturated carbocycles. The van der Waals surface area contributed by atoms with Gasteiger partial charge in [0.2, 0.25) is 5.95 Å². The summed E-state index contributed by atoms with van der Waals surface area (Å²) < 4.78 is 7.70. The monoisotopic (exact) mass is 477 g/mol. The van der Waals surface area contributed by atoms with Gasteiger partial charge in [0.25, 0.3) is 0 Å². The van der Waals surface area contributed by atoms with Gasteiger partial charge in [0.05, 0.1) is 11.9 Å². The van der Waals surface area contributed by atoms with Gasteiger partial charge < -0.3 is 25.6 Å². The van der Waals surface area contributed by atoms with E-state index in [4.69, 9.17) is 4.74 Å². The van der Waals surface area contributed by atoms with Crippen molar-refractivity contribution < 1.29 is 9.53 Å². The van der Waals surface area contributed by atoms with Crippen LogP contribution in [-0.2, 0) is 4.74 Å². The van der Waals surface area contributed by atoms with E-state index in [2.05, 4.69) is 41.0 Å². The highest BCUT2D eigenvalue weighted by Gasteiger charge is 2.57. The van der Waals surface area contributed by atoms with Gasteiger partial charge in [-0.2, -0.15) is 5.10 Å². The number of aromatic nitrogens is 5. The molecule has 3 aromatic heterocycles. The summed E-state index contributed by atoms with van der Waals surface area (Å²) in [5.41, 5.74) is 3.03. The van der Waals surface area contributed by atoms with Gasteiger partial charge in [-0.3, -0.25) is 9.50 Å². The zero-order valence-corrected chi connectivity index (χ0v) is 19.7. The van der Waals surface area contributed by atoms with E-state index in [1.165, 1.54) is 0 Å². The number of carbonyl (C=O) groups is 1. The number of imidazole rings is 1. The Labute approximate surface area is 203 Å². The van der Waals surface area contributed by atoms with E-state index in [1.807, 2.05) is 22.9 Å². The lowest BCUT2D eigenvalue weighted by Gasteiger charge is -2.61. The third-order valence-corrected chi connectivity index (χ3v) is 8.21. The second kappa shape index (κ2) is 8.11. The number of carbonyl (C=O) groups excluding carboxylic acids is 1. The number of aromatic amines is 1. The van der Waals surface area contributed by atoms with Crippen molar-refractivity contribution in [2.24, 2.45) is 5.92 Å². The van der Waals surface area contributed by atoms with Gasteiger partial charge in [-0.05, 0) is 44.4 Å². The first-order valence-corrected chi connectivity index (χ1v) is 12.7. The SMILES string of the molecule is O=C(NC12CC(C1)C2)OC1CCC(c2cc(Nc3ncc(N4CCNCC4)c4nccn34)n[nH]2)C1. The van der Waals surface area contributed by atoms with E-state index in [0.29, 0.717) is 17.7 Å². The minimum atomic E-state index is -0.250. The highest BCUT2D eigenvalue weighted by molar-refractivity contribution is 5.71. The number of anilines is 3. The summed E-state index contributed by atoms with van der Waals surface area (Å²) in [5.74, 6) is 2.51. The van der Waals surface area contributed by atoms with E-state index in [-0.39, 0.29) is 17.7 Å². The predicted molar refractivity (Wildman–Crippen MR) is 130 cm³/mol. The first-order valence-electron chi connectivity index (χ1n) is 12.7. The van der Waals surface area contributed by atoms with E-state index in [1.54, 1.807) is 6.20 Å². The molecule has 2 bridgehead atoms. The lowest BCUT2D eigenvalue weighted by atomic mass is 9.50. The average Bonchev–Trinajstić information content (AvgIpc) is 3.57. The summed E-state index contributed by atoms with van der Waals surface area (Å²) in [4.78, 5) is 23.9. The van der Waals surface area contributed by atoms with Crippen LogP contribution in [0.25, 0.3) is 5.65 Å². The minimum absolute atomic E-state index is 0.0446. The number of piperazine rings is 1. The molecule has 0 aromatic carbocycles. The number of nitrogens with one attached hydrogen (secondary N) is 4. The van der Waals surface area contributed by atoms with Crippen LogP contribution in [0, 0.1) is 5.92 Å². The van der Waals surface area contributed by atoms with E-state index in [0.717, 1.165) is 87.7 Å². The third kappa shape index (κ3) is 3.78. The first kappa shape index (κ1) is 21.0. The van der Waals surface area contributed by atoms with Crippen molar-refractivity contribution >= 4 is 29.2 Å². The topological polar surface area (TPSA) is 124 Å². The Hall–Kier alpha value is -3.34. The molecule has 35 heavy (non-hydrogen) atoms. The molecule has 0 radical (unpaired) electrons. The Morgan fingerprint density at radius 1 is 1.17 bits per heavy atom. The summed E-state index contributed by atoms with van der Waals surface area (Å²) in [6.07, 6.45) is 11.3. The number of ether oxygens (including phenoxy) is 1. The van der Waals surface area contributed by atoms with Crippen LogP contribution < -0.4 is 20.9 Å². The molecule has 5 fully saturated rings. The van der Waals surface area contributed by atoms with Crippen molar-refractivity contribution in [1.82, 2.24) is 35.2 Å². The molecule has 3 aromatic rings. The molecule has 0 spiro atoms. The number of H-pyrrole nitrogens is 1. The van der Waals surface area contributed by atoms with Gasteiger partial charge >= 0.3 is 6.09 Å². The molecule has 4 heterocycles. The molecule has 184 valence electrons. The number of fused-ring (bicyclic) bond motifs is 1. The van der Waals surface area contributed by atoms with Crippen molar-refractivity contribution in [3.8, 4) is 0 Å². The predicted octanol–water partition coefficient (Wildman–Crippen LogP) is 2.52. The Kier molecular flexibility index (Phi) is 4.86. The smallest absolute Gasteiger partial charge is 0.407 e. The zero-order valence-electron chi connectivity index (χ0n) is 19.7. The maximum absolute atomic E-state index is 12.3. The summed E-state index contributed by atoms with van der Waals surface area (Å²) in [5, 5.41) is 17.5. The number of hydrogen-bond donors (Lipinski definition) is 4. The molecule has 2 atom stereocenters. The molecule has 2 unspecified atom stereocenters. The summed E-state index contributed by atoms with van der Waals surface area (Å²) >= 11 is 0. The highest BCUT2D eigenvalue weighted by atomic mass is 16.6. The average molecular weight is 478 g/mol. The molecule has 5 aliphatic rings. The van der Waals surface area contributed by atoms with Crippen LogP contribution in [0.1, 0.15) is 50.1 Å². The summed E-state index contributed by atoms with van der Waals surface area (Å²) in [7, 11) is 0. The van der Waals surface area contributed by atoms with Gasteiger partial charge in [0, 0.05) is 61.8 Å². The van der Waals surface area contributed by atoms with Crippen LogP contribution in [0.15, 0.2) is 24.7 Å². The molecule has 4 N–H and O–H groups in total. The Morgan fingerprint density at radius 2 is 2.03 bits per heavy atom. The van der Waals surface area contributed by atoms with Gasteiger partial charge in [-0.15, -0.1) is 0 Å². The molecule has 1 saturated heterocycles. The zero-order chi connectivity index (χ0) is 23.4. The first-order chi connectivity index (χ1) is 17.1. The van der Waals surface area contributed by atoms with E-state index < -0.39 is 0 Å². The fourth-order valence-electron chi connectivity index (χ4n) is 6.21. The van der Waals surface area contributed by atoms with Crippen molar-refractivity contribution in [3.63, 3.8) is 0 Å². The van der Waals surface area contributed by atoms with Gasteiger partial charge in [0.1, 0.15) is 6.10 Å². The lowest BCUT2D eigenvalue weighted by Crippen LogP contribution is -2.68. The number of alkyl carbamates (subject to hydrolysis) is 1. The molecule has 1 aliphatic heterocycles. The molecule has 1 amide bonds. The van der Waals surface area contributed by atoms with Crippen LogP contribution >= 0.6 is 0 Å².